The van der Waals surface area contributed by atoms with Crippen LogP contribution in [0.3, 0.4) is 0 Å². The minimum absolute atomic E-state index is 0.0126. The van der Waals surface area contributed by atoms with E-state index in [9.17, 15) is 9.59 Å². The summed E-state index contributed by atoms with van der Waals surface area (Å²) in [4.78, 5) is 26.3. The third-order valence-electron chi connectivity index (χ3n) is 4.05. The number of hydrogen-bond donors (Lipinski definition) is 3. The lowest BCUT2D eigenvalue weighted by atomic mass is 10.0. The Hall–Kier alpha value is -2.68. The van der Waals surface area contributed by atoms with E-state index >= 15 is 0 Å². The molecule has 0 bridgehead atoms. The molecule has 0 radical (unpaired) electrons. The first-order chi connectivity index (χ1) is 13.1. The first-order valence-corrected chi connectivity index (χ1v) is 9.52. The highest BCUT2D eigenvalue weighted by Crippen LogP contribution is 2.15. The Kier molecular flexibility index (Phi) is 7.33. The average Bonchev–Trinajstić information content (AvgIpc) is 2.60. The lowest BCUT2D eigenvalue weighted by Gasteiger charge is -2.33. The highest BCUT2D eigenvalue weighted by atomic mass is 32.1. The van der Waals surface area contributed by atoms with E-state index in [1.54, 1.807) is 35.4 Å². The molecule has 9 heteroatoms. The topological polar surface area (TPSA) is 109 Å². The van der Waals surface area contributed by atoms with E-state index in [2.05, 4.69) is 28.1 Å². The fraction of sp³-hybridized carbons (Fsp3) is 0.474. The molecule has 2 amide bonds. The summed E-state index contributed by atoms with van der Waals surface area (Å²) >= 11 is 4.67. The van der Waals surface area contributed by atoms with E-state index in [1.165, 1.54) is 0 Å². The first-order valence-electron chi connectivity index (χ1n) is 9.11. The van der Waals surface area contributed by atoms with Gasteiger partial charge in [0.2, 0.25) is 0 Å². The molecule has 0 atom stereocenters. The standard InChI is InChI=1S/C19H27N5O3S/c1-19(2,3)27-18(26)22-15-8-10-24(11-9-15)16(25)14-6-4-13(5-7-14)12-21-23-17(20)28/h4-7,12,15H,8-11H2,1-3H3,(H,22,26)(H3,20,23,28). The monoisotopic (exact) mass is 405 g/mol. The van der Waals surface area contributed by atoms with Crippen LogP contribution in [-0.2, 0) is 4.74 Å². The van der Waals surface area contributed by atoms with Crippen LogP contribution in [0, 0.1) is 0 Å². The van der Waals surface area contributed by atoms with Crippen LogP contribution >= 0.6 is 12.2 Å². The van der Waals surface area contributed by atoms with Crippen molar-refractivity contribution in [1.29, 1.82) is 0 Å². The van der Waals surface area contributed by atoms with E-state index in [0.29, 0.717) is 31.5 Å². The number of carbonyl (C=O) groups excluding carboxylic acids is 2. The second kappa shape index (κ2) is 9.50. The van der Waals surface area contributed by atoms with Gasteiger partial charge in [0, 0.05) is 24.7 Å². The number of nitrogens with one attached hydrogen (secondary N) is 2. The van der Waals surface area contributed by atoms with Gasteiger partial charge in [-0.3, -0.25) is 10.2 Å². The second-order valence-electron chi connectivity index (χ2n) is 7.57. The number of thiocarbonyl (C=S) groups is 1. The van der Waals surface area contributed by atoms with Crippen molar-refractivity contribution < 1.29 is 14.3 Å². The summed E-state index contributed by atoms with van der Waals surface area (Å²) in [6.45, 7) is 6.65. The third-order valence-corrected chi connectivity index (χ3v) is 4.14. The SMILES string of the molecule is CC(C)(C)OC(=O)NC1CCN(C(=O)c2ccc(C=NNC(N)=S)cc2)CC1. The minimum atomic E-state index is -0.524. The van der Waals surface area contributed by atoms with Gasteiger partial charge in [-0.2, -0.15) is 5.10 Å². The van der Waals surface area contributed by atoms with Crippen LogP contribution in [-0.4, -0.2) is 53.0 Å². The lowest BCUT2D eigenvalue weighted by molar-refractivity contribution is 0.0473. The van der Waals surface area contributed by atoms with Crippen molar-refractivity contribution in [2.24, 2.45) is 10.8 Å². The summed E-state index contributed by atoms with van der Waals surface area (Å²) in [6.07, 6.45) is 2.54. The van der Waals surface area contributed by atoms with Crippen molar-refractivity contribution in [2.45, 2.75) is 45.3 Å². The molecule has 1 heterocycles. The zero-order valence-electron chi connectivity index (χ0n) is 16.4. The fourth-order valence-corrected chi connectivity index (χ4v) is 2.82. The predicted octanol–water partition coefficient (Wildman–Crippen LogP) is 1.98. The van der Waals surface area contributed by atoms with Crippen molar-refractivity contribution in [2.75, 3.05) is 13.1 Å². The largest absolute Gasteiger partial charge is 0.444 e. The number of benzene rings is 1. The highest BCUT2D eigenvalue weighted by Gasteiger charge is 2.26. The number of carbonyl (C=O) groups is 2. The van der Waals surface area contributed by atoms with E-state index in [-0.39, 0.29) is 17.1 Å². The molecule has 0 saturated carbocycles. The number of rotatable bonds is 4. The summed E-state index contributed by atoms with van der Waals surface area (Å²) < 4.78 is 5.28. The quantitative estimate of drug-likeness (QED) is 0.402. The van der Waals surface area contributed by atoms with Crippen LogP contribution < -0.4 is 16.5 Å². The molecular weight excluding hydrogens is 378 g/mol. The zero-order chi connectivity index (χ0) is 20.7. The van der Waals surface area contributed by atoms with Gasteiger partial charge in [0.05, 0.1) is 6.21 Å². The summed E-state index contributed by atoms with van der Waals surface area (Å²) in [5.74, 6) is -0.0273. The maximum absolute atomic E-state index is 12.7. The molecule has 1 aromatic rings. The van der Waals surface area contributed by atoms with E-state index in [1.807, 2.05) is 20.8 Å². The maximum Gasteiger partial charge on any atom is 0.407 e. The molecule has 28 heavy (non-hydrogen) atoms. The van der Waals surface area contributed by atoms with Crippen molar-refractivity contribution in [3.05, 3.63) is 35.4 Å². The molecule has 1 aromatic carbocycles. The number of alkyl carbamates (subject to hydrolysis) is 1. The number of piperidine rings is 1. The fourth-order valence-electron chi connectivity index (χ4n) is 2.77. The Bertz CT molecular complexity index is 735. The molecule has 1 fully saturated rings. The van der Waals surface area contributed by atoms with Gasteiger partial charge in [-0.1, -0.05) is 12.1 Å². The average molecular weight is 406 g/mol. The minimum Gasteiger partial charge on any atom is -0.444 e. The van der Waals surface area contributed by atoms with Crippen LogP contribution in [0.25, 0.3) is 0 Å². The number of nitrogens with zero attached hydrogens (tertiary/aromatic N) is 2. The molecule has 0 spiro atoms. The number of hydrazone groups is 1. The van der Waals surface area contributed by atoms with E-state index in [4.69, 9.17) is 10.5 Å². The molecule has 1 saturated heterocycles. The van der Waals surface area contributed by atoms with Gasteiger partial charge in [-0.15, -0.1) is 0 Å². The number of ether oxygens (including phenoxy) is 1. The lowest BCUT2D eigenvalue weighted by Crippen LogP contribution is -2.47. The van der Waals surface area contributed by atoms with Crippen molar-refractivity contribution >= 4 is 35.5 Å². The molecule has 0 aromatic heterocycles. The Morgan fingerprint density at radius 1 is 1.25 bits per heavy atom. The Morgan fingerprint density at radius 2 is 1.86 bits per heavy atom. The molecule has 8 nitrogen and oxygen atoms in total. The zero-order valence-corrected chi connectivity index (χ0v) is 17.2. The maximum atomic E-state index is 12.7. The van der Waals surface area contributed by atoms with Gasteiger partial charge in [0.1, 0.15) is 5.60 Å². The second-order valence-corrected chi connectivity index (χ2v) is 8.01. The molecule has 2 rings (SSSR count). The number of amides is 2. The molecule has 0 unspecified atom stereocenters. The van der Waals surface area contributed by atoms with Crippen LogP contribution in [0.5, 0.6) is 0 Å². The summed E-state index contributed by atoms with van der Waals surface area (Å²) in [5.41, 5.74) is 8.68. The molecule has 152 valence electrons. The summed E-state index contributed by atoms with van der Waals surface area (Å²) in [7, 11) is 0. The van der Waals surface area contributed by atoms with Gasteiger partial charge < -0.3 is 20.7 Å². The van der Waals surface area contributed by atoms with Crippen LogP contribution in [0.4, 0.5) is 4.79 Å². The smallest absolute Gasteiger partial charge is 0.407 e. The Labute approximate surface area is 170 Å². The molecule has 1 aliphatic rings. The highest BCUT2D eigenvalue weighted by molar-refractivity contribution is 7.80. The van der Waals surface area contributed by atoms with Gasteiger partial charge in [0.15, 0.2) is 5.11 Å². The first kappa shape index (κ1) is 21.6. The van der Waals surface area contributed by atoms with Crippen molar-refractivity contribution in [3.63, 3.8) is 0 Å². The molecule has 0 aliphatic carbocycles. The predicted molar refractivity (Wildman–Crippen MR) is 112 cm³/mol. The van der Waals surface area contributed by atoms with Gasteiger partial charge in [0.25, 0.3) is 5.91 Å². The van der Waals surface area contributed by atoms with E-state index in [0.717, 1.165) is 5.56 Å². The van der Waals surface area contributed by atoms with Crippen LogP contribution in [0.15, 0.2) is 29.4 Å². The number of hydrogen-bond acceptors (Lipinski definition) is 5. The third kappa shape index (κ3) is 7.15. The summed E-state index contributed by atoms with van der Waals surface area (Å²) in [6, 6.07) is 7.13. The summed E-state index contributed by atoms with van der Waals surface area (Å²) in [5, 5.41) is 6.84. The normalized spacial score (nSPS) is 15.3. The molecule has 4 N–H and O–H groups in total. The van der Waals surface area contributed by atoms with Gasteiger partial charge in [-0.25, -0.2) is 4.79 Å². The number of likely N-dealkylation sites (tertiary alicyclic amines) is 1. The number of nitrogens with two attached hydrogens (primary N) is 1. The van der Waals surface area contributed by atoms with Crippen molar-refractivity contribution in [1.82, 2.24) is 15.6 Å². The molecule has 1 aliphatic heterocycles. The Balaban J connectivity index is 1.83. The Morgan fingerprint density at radius 3 is 2.39 bits per heavy atom. The van der Waals surface area contributed by atoms with Crippen molar-refractivity contribution in [3.8, 4) is 0 Å². The van der Waals surface area contributed by atoms with Gasteiger partial charge >= 0.3 is 6.09 Å². The van der Waals surface area contributed by atoms with Crippen LogP contribution in [0.1, 0.15) is 49.5 Å². The van der Waals surface area contributed by atoms with Crippen LogP contribution in [0.2, 0.25) is 0 Å². The molecular formula is C19H27N5O3S. The van der Waals surface area contributed by atoms with E-state index < -0.39 is 11.7 Å². The van der Waals surface area contributed by atoms with Gasteiger partial charge in [-0.05, 0) is 63.5 Å².